The molecule has 0 radical (unpaired) electrons. The second-order valence-electron chi connectivity index (χ2n) is 7.42. The van der Waals surface area contributed by atoms with Gasteiger partial charge in [-0.2, -0.15) is 0 Å². The van der Waals surface area contributed by atoms with Crippen LogP contribution in [0.25, 0.3) is 0 Å². The van der Waals surface area contributed by atoms with Crippen molar-refractivity contribution in [1.82, 2.24) is 15.5 Å². The molecule has 1 fully saturated rings. The smallest absolute Gasteiger partial charge is 0.325 e. The molecular weight excluding hydrogens is 390 g/mol. The minimum absolute atomic E-state index is 0.0848. The number of hydrogen-bond acceptors (Lipinski definition) is 3. The Morgan fingerprint density at radius 1 is 1.14 bits per heavy atom. The zero-order valence-corrected chi connectivity index (χ0v) is 17.2. The summed E-state index contributed by atoms with van der Waals surface area (Å²) in [6.45, 7) is 3.16. The third-order valence-corrected chi connectivity index (χ3v) is 5.44. The van der Waals surface area contributed by atoms with Gasteiger partial charge < -0.3 is 10.6 Å². The highest BCUT2D eigenvalue weighted by Gasteiger charge is 2.50. The highest BCUT2D eigenvalue weighted by atomic mass is 35.5. The van der Waals surface area contributed by atoms with E-state index in [0.29, 0.717) is 10.6 Å². The van der Waals surface area contributed by atoms with Gasteiger partial charge in [0, 0.05) is 16.6 Å². The first-order valence-corrected chi connectivity index (χ1v) is 9.91. The summed E-state index contributed by atoms with van der Waals surface area (Å²) in [5, 5.41) is 5.90. The van der Waals surface area contributed by atoms with E-state index >= 15 is 0 Å². The number of nitrogens with zero attached hydrogens (tertiary/aromatic N) is 1. The summed E-state index contributed by atoms with van der Waals surface area (Å²) in [7, 11) is 0. The second-order valence-corrected chi connectivity index (χ2v) is 7.83. The Labute approximate surface area is 175 Å². The van der Waals surface area contributed by atoms with Gasteiger partial charge in [-0.15, -0.1) is 0 Å². The fourth-order valence-corrected chi connectivity index (χ4v) is 3.78. The lowest BCUT2D eigenvalue weighted by molar-refractivity contribution is -0.135. The molecule has 29 heavy (non-hydrogen) atoms. The van der Waals surface area contributed by atoms with Crippen LogP contribution < -0.4 is 10.6 Å². The van der Waals surface area contributed by atoms with Crippen molar-refractivity contribution in [3.05, 3.63) is 70.7 Å². The highest BCUT2D eigenvalue weighted by Crippen LogP contribution is 2.33. The van der Waals surface area contributed by atoms with E-state index in [0.717, 1.165) is 17.7 Å². The molecular formula is C22H24ClN3O3. The fourth-order valence-electron chi connectivity index (χ4n) is 3.45. The Hall–Kier alpha value is -2.86. The molecule has 2 aromatic rings. The standard InChI is InChI=1S/C22H24ClN3O3/c1-15(12-13-16-8-4-3-5-9-16)24-19(27)14-26-20(28)22(2,25-21(26)29)17-10-6-7-11-18(17)23/h3-11,15H,12-14H2,1-2H3,(H,24,27)(H,25,29)/t15-,22-/m0/s1. The lowest BCUT2D eigenvalue weighted by Crippen LogP contribution is -2.45. The van der Waals surface area contributed by atoms with Crippen LogP contribution in [0.4, 0.5) is 4.79 Å². The van der Waals surface area contributed by atoms with Crippen LogP contribution in [0.3, 0.4) is 0 Å². The SMILES string of the molecule is C[C@@H](CCc1ccccc1)NC(=O)CN1C(=O)N[C@@](C)(c2ccccc2Cl)C1=O. The van der Waals surface area contributed by atoms with Gasteiger partial charge in [0.05, 0.1) is 0 Å². The lowest BCUT2D eigenvalue weighted by atomic mass is 9.92. The normalized spacial score (nSPS) is 19.8. The molecule has 0 aromatic heterocycles. The predicted molar refractivity (Wildman–Crippen MR) is 111 cm³/mol. The van der Waals surface area contributed by atoms with Gasteiger partial charge in [-0.25, -0.2) is 4.79 Å². The van der Waals surface area contributed by atoms with Gasteiger partial charge in [0.1, 0.15) is 12.1 Å². The summed E-state index contributed by atoms with van der Waals surface area (Å²) in [6.07, 6.45) is 1.59. The van der Waals surface area contributed by atoms with Gasteiger partial charge in [0.2, 0.25) is 5.91 Å². The number of carbonyl (C=O) groups excluding carboxylic acids is 3. The molecule has 1 heterocycles. The molecule has 1 aliphatic rings. The van der Waals surface area contributed by atoms with Gasteiger partial charge in [-0.3, -0.25) is 14.5 Å². The Morgan fingerprint density at radius 3 is 2.48 bits per heavy atom. The maximum atomic E-state index is 12.9. The third kappa shape index (κ3) is 4.59. The molecule has 7 heteroatoms. The zero-order chi connectivity index (χ0) is 21.0. The number of aryl methyl sites for hydroxylation is 1. The average Bonchev–Trinajstić information content (AvgIpc) is 2.91. The first-order chi connectivity index (χ1) is 13.8. The molecule has 1 aliphatic heterocycles. The van der Waals surface area contributed by atoms with Crippen molar-refractivity contribution in [2.45, 2.75) is 38.3 Å². The van der Waals surface area contributed by atoms with Crippen molar-refractivity contribution in [2.75, 3.05) is 6.54 Å². The summed E-state index contributed by atoms with van der Waals surface area (Å²) in [5.74, 6) is -0.875. The monoisotopic (exact) mass is 413 g/mol. The number of imide groups is 1. The molecule has 6 nitrogen and oxygen atoms in total. The molecule has 2 aromatic carbocycles. The molecule has 0 saturated carbocycles. The van der Waals surface area contributed by atoms with Gasteiger partial charge in [-0.1, -0.05) is 60.1 Å². The van der Waals surface area contributed by atoms with Crippen molar-refractivity contribution in [3.8, 4) is 0 Å². The largest absolute Gasteiger partial charge is 0.352 e. The molecule has 0 aliphatic carbocycles. The van der Waals surface area contributed by atoms with E-state index in [2.05, 4.69) is 10.6 Å². The average molecular weight is 414 g/mol. The molecule has 152 valence electrons. The summed E-state index contributed by atoms with van der Waals surface area (Å²) in [6, 6.07) is 16.1. The second kappa shape index (κ2) is 8.66. The van der Waals surface area contributed by atoms with Crippen LogP contribution in [-0.2, 0) is 21.5 Å². The van der Waals surface area contributed by atoms with E-state index < -0.39 is 17.5 Å². The quantitative estimate of drug-likeness (QED) is 0.684. The topological polar surface area (TPSA) is 78.5 Å². The van der Waals surface area contributed by atoms with Crippen molar-refractivity contribution >= 4 is 29.4 Å². The Kier molecular flexibility index (Phi) is 6.23. The highest BCUT2D eigenvalue weighted by molar-refractivity contribution is 6.32. The molecule has 4 amide bonds. The van der Waals surface area contributed by atoms with Crippen molar-refractivity contribution < 1.29 is 14.4 Å². The van der Waals surface area contributed by atoms with Crippen molar-refractivity contribution in [2.24, 2.45) is 0 Å². The first-order valence-electron chi connectivity index (χ1n) is 9.53. The first kappa shape index (κ1) is 20.9. The molecule has 0 bridgehead atoms. The zero-order valence-electron chi connectivity index (χ0n) is 16.4. The van der Waals surface area contributed by atoms with E-state index in [9.17, 15) is 14.4 Å². The van der Waals surface area contributed by atoms with E-state index in [1.807, 2.05) is 37.3 Å². The molecule has 3 rings (SSSR count). The van der Waals surface area contributed by atoms with Gasteiger partial charge in [-0.05, 0) is 38.3 Å². The van der Waals surface area contributed by atoms with E-state index in [-0.39, 0.29) is 18.5 Å². The van der Waals surface area contributed by atoms with Gasteiger partial charge >= 0.3 is 6.03 Å². The molecule has 0 unspecified atom stereocenters. The number of urea groups is 1. The number of carbonyl (C=O) groups is 3. The summed E-state index contributed by atoms with van der Waals surface area (Å²) >= 11 is 6.21. The predicted octanol–water partition coefficient (Wildman–Crippen LogP) is 3.24. The van der Waals surface area contributed by atoms with Crippen molar-refractivity contribution in [1.29, 1.82) is 0 Å². The third-order valence-electron chi connectivity index (χ3n) is 5.11. The molecule has 2 atom stereocenters. The molecule has 0 spiro atoms. The van der Waals surface area contributed by atoms with Crippen LogP contribution in [0.1, 0.15) is 31.4 Å². The van der Waals surface area contributed by atoms with Crippen LogP contribution >= 0.6 is 11.6 Å². The van der Waals surface area contributed by atoms with Crippen LogP contribution in [0.2, 0.25) is 5.02 Å². The Balaban J connectivity index is 1.59. The number of benzene rings is 2. The summed E-state index contributed by atoms with van der Waals surface area (Å²) in [4.78, 5) is 38.7. The van der Waals surface area contributed by atoms with Crippen LogP contribution in [0.5, 0.6) is 0 Å². The maximum Gasteiger partial charge on any atom is 0.325 e. The lowest BCUT2D eigenvalue weighted by Gasteiger charge is -2.23. The minimum Gasteiger partial charge on any atom is -0.352 e. The summed E-state index contributed by atoms with van der Waals surface area (Å²) in [5.41, 5.74) is 0.395. The number of rotatable bonds is 7. The number of nitrogens with one attached hydrogen (secondary N) is 2. The van der Waals surface area contributed by atoms with Crippen LogP contribution in [0.15, 0.2) is 54.6 Å². The molecule has 1 saturated heterocycles. The Bertz CT molecular complexity index is 919. The van der Waals surface area contributed by atoms with Gasteiger partial charge in [0.25, 0.3) is 5.91 Å². The number of halogens is 1. The Morgan fingerprint density at radius 2 is 1.79 bits per heavy atom. The molecule has 2 N–H and O–H groups in total. The summed E-state index contributed by atoms with van der Waals surface area (Å²) < 4.78 is 0. The van der Waals surface area contributed by atoms with E-state index in [1.54, 1.807) is 31.2 Å². The van der Waals surface area contributed by atoms with Crippen LogP contribution in [-0.4, -0.2) is 35.3 Å². The van der Waals surface area contributed by atoms with E-state index in [1.165, 1.54) is 5.56 Å². The number of amides is 4. The van der Waals surface area contributed by atoms with Crippen molar-refractivity contribution in [3.63, 3.8) is 0 Å². The van der Waals surface area contributed by atoms with Gasteiger partial charge in [0.15, 0.2) is 0 Å². The van der Waals surface area contributed by atoms with E-state index in [4.69, 9.17) is 11.6 Å². The minimum atomic E-state index is -1.30. The number of hydrogen-bond donors (Lipinski definition) is 2. The van der Waals surface area contributed by atoms with Crippen LogP contribution in [0, 0.1) is 0 Å². The fraction of sp³-hybridized carbons (Fsp3) is 0.318. The maximum absolute atomic E-state index is 12.9.